The second kappa shape index (κ2) is 6.27. The van der Waals surface area contributed by atoms with Crippen LogP contribution in [0.4, 0.5) is 5.69 Å². The maximum absolute atomic E-state index is 12.6. The van der Waals surface area contributed by atoms with E-state index >= 15 is 0 Å². The minimum atomic E-state index is -0.0909. The molecule has 1 aromatic carbocycles. The van der Waals surface area contributed by atoms with Crippen molar-refractivity contribution in [3.63, 3.8) is 0 Å². The molecule has 0 radical (unpaired) electrons. The number of amides is 1. The van der Waals surface area contributed by atoms with Gasteiger partial charge in [-0.25, -0.2) is 4.98 Å². The van der Waals surface area contributed by atoms with Crippen LogP contribution in [0.25, 0.3) is 0 Å². The Balaban J connectivity index is 2.35. The summed E-state index contributed by atoms with van der Waals surface area (Å²) in [5.74, 6) is 0.131. The third kappa shape index (κ3) is 3.61. The van der Waals surface area contributed by atoms with E-state index in [2.05, 4.69) is 4.98 Å². The Morgan fingerprint density at radius 2 is 1.95 bits per heavy atom. The Morgan fingerprint density at radius 1 is 1.24 bits per heavy atom. The van der Waals surface area contributed by atoms with Crippen LogP contribution >= 0.6 is 11.6 Å². The van der Waals surface area contributed by atoms with E-state index in [1.165, 1.54) is 0 Å². The fourth-order valence-electron chi connectivity index (χ4n) is 2.08. The van der Waals surface area contributed by atoms with Crippen molar-refractivity contribution in [3.05, 3.63) is 58.4 Å². The van der Waals surface area contributed by atoms with E-state index in [1.807, 2.05) is 51.1 Å². The number of hydrogen-bond donors (Lipinski definition) is 0. The van der Waals surface area contributed by atoms with E-state index in [4.69, 9.17) is 11.6 Å². The van der Waals surface area contributed by atoms with Gasteiger partial charge in [0.25, 0.3) is 5.91 Å². The normalized spacial score (nSPS) is 10.8. The number of carbonyl (C=O) groups is 1. The Labute approximate surface area is 130 Å². The third-order valence-electron chi connectivity index (χ3n) is 3.35. The van der Waals surface area contributed by atoms with Gasteiger partial charge in [-0.1, -0.05) is 37.6 Å². The van der Waals surface area contributed by atoms with Crippen molar-refractivity contribution in [2.24, 2.45) is 0 Å². The number of benzene rings is 1. The summed E-state index contributed by atoms with van der Waals surface area (Å²) in [5.41, 5.74) is 3.35. The van der Waals surface area contributed by atoms with E-state index in [-0.39, 0.29) is 11.8 Å². The highest BCUT2D eigenvalue weighted by Gasteiger charge is 2.16. The van der Waals surface area contributed by atoms with Crippen molar-refractivity contribution in [2.75, 3.05) is 11.9 Å². The highest BCUT2D eigenvalue weighted by atomic mass is 35.5. The van der Waals surface area contributed by atoms with Crippen LogP contribution in [-0.4, -0.2) is 17.9 Å². The van der Waals surface area contributed by atoms with Crippen molar-refractivity contribution < 1.29 is 4.79 Å². The molecular weight excluding hydrogens is 284 g/mol. The number of pyridine rings is 1. The van der Waals surface area contributed by atoms with E-state index in [1.54, 1.807) is 18.0 Å². The fourth-order valence-corrected chi connectivity index (χ4v) is 2.30. The smallest absolute Gasteiger partial charge is 0.258 e. The molecule has 0 bridgehead atoms. The number of carbonyl (C=O) groups excluding carboxylic acids is 1. The number of rotatable bonds is 3. The number of hydrogen-bond acceptors (Lipinski definition) is 2. The summed E-state index contributed by atoms with van der Waals surface area (Å²) in [6.07, 6.45) is 0. The fraction of sp³-hybridized carbons (Fsp3) is 0.294. The highest BCUT2D eigenvalue weighted by molar-refractivity contribution is 6.29. The van der Waals surface area contributed by atoms with Gasteiger partial charge in [0.1, 0.15) is 5.15 Å². The quantitative estimate of drug-likeness (QED) is 0.785. The molecule has 0 aliphatic rings. The van der Waals surface area contributed by atoms with E-state index < -0.39 is 0 Å². The van der Waals surface area contributed by atoms with E-state index in [9.17, 15) is 4.79 Å². The molecule has 110 valence electrons. The SMILES string of the molecule is Cc1cccc(N(C)C(=O)c2cc(Cl)nc(C(C)C)c2)c1. The summed E-state index contributed by atoms with van der Waals surface area (Å²) in [5, 5.41) is 0.349. The molecule has 2 aromatic rings. The molecule has 0 spiro atoms. The summed E-state index contributed by atoms with van der Waals surface area (Å²) in [6, 6.07) is 11.3. The van der Waals surface area contributed by atoms with E-state index in [0.29, 0.717) is 10.7 Å². The minimum absolute atomic E-state index is 0.0909. The van der Waals surface area contributed by atoms with Crippen molar-refractivity contribution in [2.45, 2.75) is 26.7 Å². The predicted molar refractivity (Wildman–Crippen MR) is 87.2 cm³/mol. The zero-order chi connectivity index (χ0) is 15.6. The molecule has 0 fully saturated rings. The van der Waals surface area contributed by atoms with Crippen molar-refractivity contribution >= 4 is 23.2 Å². The maximum atomic E-state index is 12.6. The lowest BCUT2D eigenvalue weighted by atomic mass is 10.1. The average molecular weight is 303 g/mol. The molecule has 0 unspecified atom stereocenters. The first-order valence-electron chi connectivity index (χ1n) is 6.90. The highest BCUT2D eigenvalue weighted by Crippen LogP contribution is 2.21. The van der Waals surface area contributed by atoms with Gasteiger partial charge in [-0.3, -0.25) is 4.79 Å². The van der Waals surface area contributed by atoms with Gasteiger partial charge in [-0.2, -0.15) is 0 Å². The first kappa shape index (κ1) is 15.5. The molecule has 3 nitrogen and oxygen atoms in total. The third-order valence-corrected chi connectivity index (χ3v) is 3.54. The lowest BCUT2D eigenvalue weighted by Gasteiger charge is -2.18. The van der Waals surface area contributed by atoms with Gasteiger partial charge in [0.2, 0.25) is 0 Å². The van der Waals surface area contributed by atoms with Gasteiger partial charge in [0, 0.05) is 24.0 Å². The van der Waals surface area contributed by atoms with Crippen molar-refractivity contribution in [1.29, 1.82) is 0 Å². The summed E-state index contributed by atoms with van der Waals surface area (Å²) in [6.45, 7) is 6.05. The van der Waals surface area contributed by atoms with Crippen LogP contribution in [0.3, 0.4) is 0 Å². The largest absolute Gasteiger partial charge is 0.311 e. The zero-order valence-corrected chi connectivity index (χ0v) is 13.5. The van der Waals surface area contributed by atoms with Crippen LogP contribution in [0.1, 0.15) is 41.4 Å². The molecule has 1 amide bonds. The van der Waals surface area contributed by atoms with Gasteiger partial charge in [0.05, 0.1) is 0 Å². The second-order valence-electron chi connectivity index (χ2n) is 5.46. The van der Waals surface area contributed by atoms with Gasteiger partial charge < -0.3 is 4.90 Å². The van der Waals surface area contributed by atoms with E-state index in [0.717, 1.165) is 16.9 Å². The van der Waals surface area contributed by atoms with Crippen molar-refractivity contribution in [3.8, 4) is 0 Å². The van der Waals surface area contributed by atoms with Gasteiger partial charge in [0.15, 0.2) is 0 Å². The topological polar surface area (TPSA) is 33.2 Å². The first-order chi connectivity index (χ1) is 9.88. The summed E-state index contributed by atoms with van der Waals surface area (Å²) < 4.78 is 0. The lowest BCUT2D eigenvalue weighted by Crippen LogP contribution is -2.26. The second-order valence-corrected chi connectivity index (χ2v) is 5.85. The van der Waals surface area contributed by atoms with Gasteiger partial charge in [-0.05, 0) is 42.7 Å². The average Bonchev–Trinajstić information content (AvgIpc) is 2.45. The molecule has 0 atom stereocenters. The van der Waals surface area contributed by atoms with Crippen LogP contribution in [-0.2, 0) is 0 Å². The lowest BCUT2D eigenvalue weighted by molar-refractivity contribution is 0.0993. The standard InChI is InChI=1S/C17H19ClN2O/c1-11(2)15-9-13(10-16(18)19-15)17(21)20(4)14-7-5-6-12(3)8-14/h5-11H,1-4H3. The summed E-state index contributed by atoms with van der Waals surface area (Å²) in [7, 11) is 1.76. The van der Waals surface area contributed by atoms with Crippen LogP contribution in [0.5, 0.6) is 0 Å². The monoisotopic (exact) mass is 302 g/mol. The van der Waals surface area contributed by atoms with Crippen LogP contribution in [0, 0.1) is 6.92 Å². The first-order valence-corrected chi connectivity index (χ1v) is 7.28. The molecule has 0 N–H and O–H groups in total. The van der Waals surface area contributed by atoms with Crippen LogP contribution < -0.4 is 4.90 Å². The molecule has 2 rings (SSSR count). The molecular formula is C17H19ClN2O. The Hall–Kier alpha value is -1.87. The number of aryl methyl sites for hydroxylation is 1. The molecule has 4 heteroatoms. The molecule has 1 aromatic heterocycles. The Morgan fingerprint density at radius 3 is 2.57 bits per heavy atom. The number of nitrogens with zero attached hydrogens (tertiary/aromatic N) is 2. The molecule has 0 aliphatic heterocycles. The number of halogens is 1. The minimum Gasteiger partial charge on any atom is -0.311 e. The predicted octanol–water partition coefficient (Wildman–Crippen LogP) is 4.44. The summed E-state index contributed by atoms with van der Waals surface area (Å²) in [4.78, 5) is 18.5. The van der Waals surface area contributed by atoms with Crippen LogP contribution in [0.2, 0.25) is 5.15 Å². The summed E-state index contributed by atoms with van der Waals surface area (Å²) >= 11 is 6.03. The number of aromatic nitrogens is 1. The maximum Gasteiger partial charge on any atom is 0.258 e. The molecule has 21 heavy (non-hydrogen) atoms. The Kier molecular flexibility index (Phi) is 4.63. The van der Waals surface area contributed by atoms with Crippen LogP contribution in [0.15, 0.2) is 36.4 Å². The molecule has 0 saturated heterocycles. The molecule has 0 aliphatic carbocycles. The van der Waals surface area contributed by atoms with Crippen molar-refractivity contribution in [1.82, 2.24) is 4.98 Å². The Bertz CT molecular complexity index is 668. The van der Waals surface area contributed by atoms with Gasteiger partial charge in [-0.15, -0.1) is 0 Å². The molecule has 0 saturated carbocycles. The number of anilines is 1. The van der Waals surface area contributed by atoms with Gasteiger partial charge >= 0.3 is 0 Å². The zero-order valence-electron chi connectivity index (χ0n) is 12.7. The molecule has 1 heterocycles.